The summed E-state index contributed by atoms with van der Waals surface area (Å²) in [6, 6.07) is 17.1. The molecule has 0 heterocycles. The van der Waals surface area contributed by atoms with E-state index in [0.29, 0.717) is 0 Å². The van der Waals surface area contributed by atoms with Crippen LogP contribution in [-0.2, 0) is 13.1 Å². The number of rotatable bonds is 4. The molecule has 18 heavy (non-hydrogen) atoms. The van der Waals surface area contributed by atoms with Crippen molar-refractivity contribution in [2.45, 2.75) is 20.0 Å². The van der Waals surface area contributed by atoms with Gasteiger partial charge in [-0.1, -0.05) is 64.0 Å². The molecule has 2 aromatic rings. The lowest BCUT2D eigenvalue weighted by Crippen LogP contribution is -2.17. The van der Waals surface area contributed by atoms with E-state index in [4.69, 9.17) is 0 Å². The van der Waals surface area contributed by atoms with Gasteiger partial charge in [0.15, 0.2) is 0 Å². The van der Waals surface area contributed by atoms with Crippen LogP contribution in [-0.4, -0.2) is 11.9 Å². The van der Waals surface area contributed by atoms with Crippen LogP contribution < -0.4 is 0 Å². The highest BCUT2D eigenvalue weighted by atomic mass is 79.9. The van der Waals surface area contributed by atoms with Crippen LogP contribution in [0, 0.1) is 6.92 Å². The first-order valence-electron chi connectivity index (χ1n) is 6.12. The first-order valence-corrected chi connectivity index (χ1v) is 6.92. The number of benzene rings is 2. The van der Waals surface area contributed by atoms with Gasteiger partial charge in [-0.15, -0.1) is 0 Å². The van der Waals surface area contributed by atoms with E-state index in [1.165, 1.54) is 21.2 Å². The monoisotopic (exact) mass is 303 g/mol. The fourth-order valence-corrected chi connectivity index (χ4v) is 2.51. The molecule has 0 fully saturated rings. The highest BCUT2D eigenvalue weighted by molar-refractivity contribution is 9.10. The molecule has 0 atom stereocenters. The van der Waals surface area contributed by atoms with E-state index in [2.05, 4.69) is 77.3 Å². The Bertz CT molecular complexity index is 522. The highest BCUT2D eigenvalue weighted by Gasteiger charge is 2.04. The molecule has 0 unspecified atom stereocenters. The minimum Gasteiger partial charge on any atom is -0.298 e. The van der Waals surface area contributed by atoms with Crippen LogP contribution in [0.4, 0.5) is 0 Å². The Balaban J connectivity index is 2.01. The Kier molecular flexibility index (Phi) is 4.56. The molecule has 0 spiro atoms. The Morgan fingerprint density at radius 3 is 2.50 bits per heavy atom. The topological polar surface area (TPSA) is 3.24 Å². The van der Waals surface area contributed by atoms with Crippen molar-refractivity contribution in [2.24, 2.45) is 0 Å². The third kappa shape index (κ3) is 3.69. The Morgan fingerprint density at radius 1 is 1.00 bits per heavy atom. The van der Waals surface area contributed by atoms with Gasteiger partial charge in [0, 0.05) is 17.6 Å². The first kappa shape index (κ1) is 13.3. The van der Waals surface area contributed by atoms with Crippen molar-refractivity contribution in [3.63, 3.8) is 0 Å². The third-order valence-corrected chi connectivity index (χ3v) is 3.71. The second-order valence-electron chi connectivity index (χ2n) is 4.75. The van der Waals surface area contributed by atoms with Crippen molar-refractivity contribution in [3.8, 4) is 0 Å². The molecule has 2 heteroatoms. The van der Waals surface area contributed by atoms with Crippen LogP contribution >= 0.6 is 15.9 Å². The van der Waals surface area contributed by atoms with Crippen LogP contribution in [0.3, 0.4) is 0 Å². The van der Waals surface area contributed by atoms with Crippen LogP contribution in [0.2, 0.25) is 0 Å². The molecule has 0 aromatic heterocycles. The van der Waals surface area contributed by atoms with Crippen LogP contribution in [0.1, 0.15) is 16.7 Å². The Hall–Kier alpha value is -1.12. The lowest BCUT2D eigenvalue weighted by atomic mass is 10.1. The summed E-state index contributed by atoms with van der Waals surface area (Å²) < 4.78 is 1.18. The van der Waals surface area contributed by atoms with Crippen LogP contribution in [0.15, 0.2) is 53.0 Å². The third-order valence-electron chi connectivity index (χ3n) is 2.93. The molecule has 0 aliphatic carbocycles. The molecule has 0 saturated heterocycles. The number of hydrogen-bond donors (Lipinski definition) is 0. The maximum absolute atomic E-state index is 3.60. The number of nitrogens with zero attached hydrogens (tertiary/aromatic N) is 1. The molecule has 0 bridgehead atoms. The molecule has 0 N–H and O–H groups in total. The van der Waals surface area contributed by atoms with Gasteiger partial charge >= 0.3 is 0 Å². The lowest BCUT2D eigenvalue weighted by Gasteiger charge is -2.18. The zero-order chi connectivity index (χ0) is 13.0. The van der Waals surface area contributed by atoms with Gasteiger partial charge in [0.2, 0.25) is 0 Å². The van der Waals surface area contributed by atoms with Crippen molar-refractivity contribution in [1.29, 1.82) is 0 Å². The zero-order valence-electron chi connectivity index (χ0n) is 10.9. The summed E-state index contributed by atoms with van der Waals surface area (Å²) in [4.78, 5) is 2.33. The van der Waals surface area contributed by atoms with Gasteiger partial charge in [-0.3, -0.25) is 4.90 Å². The van der Waals surface area contributed by atoms with Gasteiger partial charge in [-0.25, -0.2) is 0 Å². The molecule has 0 amide bonds. The SMILES string of the molecule is Cc1cccc(CN(C)Cc2ccccc2Br)c1. The standard InChI is InChI=1S/C16H18BrN/c1-13-6-5-7-14(10-13)11-18(2)12-15-8-3-4-9-16(15)17/h3-10H,11-12H2,1-2H3. The van der Waals surface area contributed by atoms with Crippen molar-refractivity contribution < 1.29 is 0 Å². The quantitative estimate of drug-likeness (QED) is 0.810. The Labute approximate surface area is 118 Å². The van der Waals surface area contributed by atoms with Gasteiger partial charge in [-0.2, -0.15) is 0 Å². The summed E-state index contributed by atoms with van der Waals surface area (Å²) in [5, 5.41) is 0. The van der Waals surface area contributed by atoms with E-state index < -0.39 is 0 Å². The van der Waals surface area contributed by atoms with E-state index in [9.17, 15) is 0 Å². The van der Waals surface area contributed by atoms with E-state index >= 15 is 0 Å². The maximum atomic E-state index is 3.60. The average molecular weight is 304 g/mol. The van der Waals surface area contributed by atoms with Gasteiger partial charge < -0.3 is 0 Å². The summed E-state index contributed by atoms with van der Waals surface area (Å²) in [5.41, 5.74) is 4.01. The first-order chi connectivity index (χ1) is 8.65. The van der Waals surface area contributed by atoms with Gasteiger partial charge in [0.25, 0.3) is 0 Å². The molecule has 94 valence electrons. The normalized spacial score (nSPS) is 10.9. The predicted octanol–water partition coefficient (Wildman–Crippen LogP) is 4.39. The second kappa shape index (κ2) is 6.17. The van der Waals surface area contributed by atoms with Crippen molar-refractivity contribution in [2.75, 3.05) is 7.05 Å². The molecular weight excluding hydrogens is 286 g/mol. The van der Waals surface area contributed by atoms with Crippen LogP contribution in [0.25, 0.3) is 0 Å². The van der Waals surface area contributed by atoms with E-state index in [1.54, 1.807) is 0 Å². The summed E-state index contributed by atoms with van der Waals surface area (Å²) in [5.74, 6) is 0. The number of halogens is 1. The minimum absolute atomic E-state index is 0.954. The predicted molar refractivity (Wildman–Crippen MR) is 80.5 cm³/mol. The highest BCUT2D eigenvalue weighted by Crippen LogP contribution is 2.18. The fourth-order valence-electron chi connectivity index (χ4n) is 2.10. The minimum atomic E-state index is 0.954. The summed E-state index contributed by atoms with van der Waals surface area (Å²) in [6.07, 6.45) is 0. The van der Waals surface area contributed by atoms with Gasteiger partial charge in [-0.05, 0) is 31.2 Å². The maximum Gasteiger partial charge on any atom is 0.0245 e. The fraction of sp³-hybridized carbons (Fsp3) is 0.250. The van der Waals surface area contributed by atoms with Crippen molar-refractivity contribution in [1.82, 2.24) is 4.90 Å². The lowest BCUT2D eigenvalue weighted by molar-refractivity contribution is 0.318. The van der Waals surface area contributed by atoms with E-state index in [0.717, 1.165) is 13.1 Å². The van der Waals surface area contributed by atoms with Gasteiger partial charge in [0.05, 0.1) is 0 Å². The second-order valence-corrected chi connectivity index (χ2v) is 5.61. The molecular formula is C16H18BrN. The summed E-state index contributed by atoms with van der Waals surface area (Å²) in [6.45, 7) is 4.07. The van der Waals surface area contributed by atoms with Gasteiger partial charge in [0.1, 0.15) is 0 Å². The molecule has 0 aliphatic rings. The zero-order valence-corrected chi connectivity index (χ0v) is 12.4. The molecule has 0 radical (unpaired) electrons. The molecule has 0 aliphatic heterocycles. The largest absolute Gasteiger partial charge is 0.298 e. The number of hydrogen-bond acceptors (Lipinski definition) is 1. The molecule has 2 rings (SSSR count). The summed E-state index contributed by atoms with van der Waals surface area (Å²) >= 11 is 3.60. The van der Waals surface area contributed by atoms with E-state index in [-0.39, 0.29) is 0 Å². The van der Waals surface area contributed by atoms with Crippen molar-refractivity contribution >= 4 is 15.9 Å². The number of aryl methyl sites for hydroxylation is 1. The van der Waals surface area contributed by atoms with Crippen LogP contribution in [0.5, 0.6) is 0 Å². The molecule has 1 nitrogen and oxygen atoms in total. The molecule has 2 aromatic carbocycles. The smallest absolute Gasteiger partial charge is 0.0245 e. The van der Waals surface area contributed by atoms with Crippen molar-refractivity contribution in [3.05, 3.63) is 69.7 Å². The summed E-state index contributed by atoms with van der Waals surface area (Å²) in [7, 11) is 2.15. The Morgan fingerprint density at radius 2 is 1.78 bits per heavy atom. The molecule has 0 saturated carbocycles. The average Bonchev–Trinajstić information content (AvgIpc) is 2.32. The van der Waals surface area contributed by atoms with E-state index in [1.807, 2.05) is 6.07 Å².